The zero-order chi connectivity index (χ0) is 41.7. The van der Waals surface area contributed by atoms with Crippen molar-refractivity contribution in [3.05, 3.63) is 89.1 Å². The summed E-state index contributed by atoms with van der Waals surface area (Å²) in [4.78, 5) is 65.2. The summed E-state index contributed by atoms with van der Waals surface area (Å²) in [6, 6.07) is 15.7. The van der Waals surface area contributed by atoms with Crippen LogP contribution in [0.2, 0.25) is 0 Å². The number of amides is 3. The Morgan fingerprint density at radius 3 is 2.58 bits per heavy atom. The first kappa shape index (κ1) is 42.3. The molecule has 314 valence electrons. The minimum Gasteiger partial charge on any atom is -0.464 e. The Labute approximate surface area is 349 Å². The number of nitrogens with zero attached hydrogens (tertiary/aromatic N) is 4. The Kier molecular flexibility index (Phi) is 13.4. The van der Waals surface area contributed by atoms with Crippen LogP contribution in [-0.2, 0) is 34.6 Å². The highest BCUT2D eigenvalue weighted by atomic mass is 32.1. The van der Waals surface area contributed by atoms with Crippen molar-refractivity contribution >= 4 is 58.3 Å². The molecule has 2 aromatic heterocycles. The van der Waals surface area contributed by atoms with Gasteiger partial charge >= 0.3 is 13.5 Å². The van der Waals surface area contributed by atoms with E-state index in [-0.39, 0.29) is 49.1 Å². The molecule has 14 nitrogen and oxygen atoms in total. The van der Waals surface area contributed by atoms with E-state index in [4.69, 9.17) is 14.0 Å². The predicted octanol–water partition coefficient (Wildman–Crippen LogP) is 5.96. The average molecular weight is 845 g/mol. The van der Waals surface area contributed by atoms with Gasteiger partial charge in [-0.25, -0.2) is 5.09 Å². The molecule has 3 saturated heterocycles. The molecule has 1 unspecified atom stereocenters. The van der Waals surface area contributed by atoms with Gasteiger partial charge in [-0.2, -0.15) is 0 Å². The number of nitrogens with one attached hydrogen (secondary N) is 2. The summed E-state index contributed by atoms with van der Waals surface area (Å²) in [5.41, 5.74) is 2.86. The molecule has 0 aliphatic carbocycles. The van der Waals surface area contributed by atoms with Crippen LogP contribution in [0.15, 0.2) is 73.1 Å². The molecule has 2 N–H and O–H groups in total. The monoisotopic (exact) mass is 844 g/mol. The molecule has 2 aromatic carbocycles. The molecule has 0 saturated carbocycles. The molecule has 3 amide bonds. The summed E-state index contributed by atoms with van der Waals surface area (Å²) in [7, 11) is 1.65. The molecule has 0 radical (unpaired) electrons. The summed E-state index contributed by atoms with van der Waals surface area (Å²) in [5.74, 6) is -0.628. The molecule has 7 rings (SSSR count). The number of ether oxygens (including phenoxy) is 2. The zero-order valence-electron chi connectivity index (χ0n) is 34.0. The maximum absolute atomic E-state index is 14.5. The van der Waals surface area contributed by atoms with E-state index in [1.54, 1.807) is 41.4 Å². The molecule has 0 bridgehead atoms. The molecule has 3 aliphatic heterocycles. The second kappa shape index (κ2) is 18.6. The number of esters is 1. The van der Waals surface area contributed by atoms with Crippen LogP contribution in [0.4, 0.5) is 5.69 Å². The predicted molar refractivity (Wildman–Crippen MR) is 227 cm³/mol. The summed E-state index contributed by atoms with van der Waals surface area (Å²) < 4.78 is 32.0. The second-order valence-corrected chi connectivity index (χ2v) is 18.9. The molecule has 16 heteroatoms. The maximum Gasteiger partial charge on any atom is 0.326 e. The average Bonchev–Trinajstić information content (AvgIpc) is 3.80. The Hall–Kier alpha value is -4.82. The highest BCUT2D eigenvalue weighted by molar-refractivity contribution is 7.56. The van der Waals surface area contributed by atoms with Crippen LogP contribution in [0.25, 0.3) is 10.1 Å². The zero-order valence-corrected chi connectivity index (χ0v) is 35.7. The number of para-hydroxylation sites is 1. The molecule has 4 aromatic rings. The Morgan fingerprint density at radius 1 is 1.03 bits per heavy atom. The molecular weight excluding hydrogens is 792 g/mol. The van der Waals surface area contributed by atoms with Crippen molar-refractivity contribution < 1.29 is 37.7 Å². The Bertz CT molecular complexity index is 2200. The molecule has 5 atom stereocenters. The van der Waals surface area contributed by atoms with Crippen LogP contribution in [0, 0.1) is 0 Å². The number of hydrogen-bond acceptors (Lipinski definition) is 11. The van der Waals surface area contributed by atoms with Gasteiger partial charge < -0.3 is 34.0 Å². The van der Waals surface area contributed by atoms with Gasteiger partial charge in [-0.05, 0) is 85.9 Å². The summed E-state index contributed by atoms with van der Waals surface area (Å²) in [6.07, 6.45) is 7.63. The van der Waals surface area contributed by atoms with Crippen LogP contribution in [0.5, 0.6) is 5.75 Å². The van der Waals surface area contributed by atoms with Gasteiger partial charge in [0.15, 0.2) is 0 Å². The number of anilines is 1. The van der Waals surface area contributed by atoms with Crippen molar-refractivity contribution in [2.24, 2.45) is 0 Å². The van der Waals surface area contributed by atoms with Crippen molar-refractivity contribution in [3.63, 3.8) is 0 Å². The smallest absolute Gasteiger partial charge is 0.326 e. The van der Waals surface area contributed by atoms with E-state index in [1.165, 1.54) is 18.4 Å². The van der Waals surface area contributed by atoms with Gasteiger partial charge in [0.1, 0.15) is 23.9 Å². The van der Waals surface area contributed by atoms with Crippen LogP contribution in [0.1, 0.15) is 72.2 Å². The number of thiophene rings is 1. The van der Waals surface area contributed by atoms with E-state index < -0.39 is 31.6 Å². The maximum atomic E-state index is 14.5. The first-order chi connectivity index (χ1) is 28.5. The third-order valence-electron chi connectivity index (χ3n) is 11.2. The number of aromatic nitrogens is 1. The second-order valence-electron chi connectivity index (χ2n) is 15.7. The third-order valence-corrected chi connectivity index (χ3v) is 14.3. The lowest BCUT2D eigenvalue weighted by atomic mass is 9.90. The number of likely N-dealkylation sites (tertiary alicyclic amines) is 1. The fourth-order valence-electron chi connectivity index (χ4n) is 8.32. The molecule has 5 heterocycles. The minimum atomic E-state index is -3.79. The minimum absolute atomic E-state index is 0.0278. The van der Waals surface area contributed by atoms with Crippen LogP contribution in [0.3, 0.4) is 0 Å². The van der Waals surface area contributed by atoms with Crippen molar-refractivity contribution in [1.29, 1.82) is 0 Å². The number of hydrogen-bond donors (Lipinski definition) is 2. The number of fused-ring (bicyclic) bond motifs is 2. The first-order valence-electron chi connectivity index (χ1n) is 20.3. The van der Waals surface area contributed by atoms with Gasteiger partial charge in [0.25, 0.3) is 5.91 Å². The van der Waals surface area contributed by atoms with Crippen molar-refractivity contribution in [2.45, 2.75) is 81.7 Å². The fraction of sp³-hybridized carbons (Fsp3) is 0.465. The van der Waals surface area contributed by atoms with Gasteiger partial charge in [-0.1, -0.05) is 31.2 Å². The number of rotatable bonds is 16. The van der Waals surface area contributed by atoms with E-state index in [9.17, 15) is 23.7 Å². The summed E-state index contributed by atoms with van der Waals surface area (Å²) in [6.45, 7) is 3.19. The highest BCUT2D eigenvalue weighted by Crippen LogP contribution is 2.48. The van der Waals surface area contributed by atoms with E-state index in [2.05, 4.69) is 20.3 Å². The SMILES string of the molecule is CCCOC(=O)[C@H](COC)NP(=O)(Cc1ccc2sc(C(=O)N[C@H]3CCC[C@H]4CC[C@@H](C(=O)N5CC(c6cnccc6N(C)C)C5)N4C3=O)cc2c1)Oc1ccccc1. The summed E-state index contributed by atoms with van der Waals surface area (Å²) in [5, 5.41) is 6.70. The van der Waals surface area contributed by atoms with Crippen molar-refractivity contribution in [1.82, 2.24) is 25.2 Å². The number of pyridine rings is 1. The fourth-order valence-corrected chi connectivity index (χ4v) is 11.3. The van der Waals surface area contributed by atoms with E-state index in [1.807, 2.05) is 62.4 Å². The van der Waals surface area contributed by atoms with E-state index in [0.717, 1.165) is 40.6 Å². The van der Waals surface area contributed by atoms with Gasteiger partial charge in [0.2, 0.25) is 11.8 Å². The van der Waals surface area contributed by atoms with Crippen LogP contribution in [-0.4, -0.2) is 110 Å². The van der Waals surface area contributed by atoms with E-state index in [0.29, 0.717) is 48.5 Å². The standard InChI is InChI=1S/C43H53N6O8PS/c1-5-20-56-43(53)35(26-55-4)46-58(54,57-32-11-7-6-8-12-32)27-28-14-17-38-29(21-28)22-39(59-38)40(50)45-34-13-9-10-31-15-16-37(49(31)41(34)51)42(52)48-24-30(25-48)33-23-44-19-18-36(33)47(2)3/h6-8,11-12,14,17-19,21-23,30-31,34-35,37H,5,9-10,13,15-16,20,24-27H2,1-4H3,(H,45,50)(H,46,54)/t31-,34-,35-,37-,58?/m0/s1. The lowest BCUT2D eigenvalue weighted by molar-refractivity contribution is -0.148. The van der Waals surface area contributed by atoms with Crippen molar-refractivity contribution in [2.75, 3.05) is 52.4 Å². The molecule has 0 spiro atoms. The van der Waals surface area contributed by atoms with Gasteiger partial charge in [-0.3, -0.25) is 28.7 Å². The third kappa shape index (κ3) is 9.64. The van der Waals surface area contributed by atoms with Gasteiger partial charge in [0, 0.05) is 74.6 Å². The Balaban J connectivity index is 1.03. The van der Waals surface area contributed by atoms with Gasteiger partial charge in [0.05, 0.1) is 24.3 Å². The topological polar surface area (TPSA) is 160 Å². The molecule has 59 heavy (non-hydrogen) atoms. The normalized spacial score (nSPS) is 20.9. The van der Waals surface area contributed by atoms with Gasteiger partial charge in [-0.15, -0.1) is 11.3 Å². The largest absolute Gasteiger partial charge is 0.464 e. The van der Waals surface area contributed by atoms with Crippen LogP contribution >= 0.6 is 18.9 Å². The molecule has 3 aliphatic rings. The Morgan fingerprint density at radius 2 is 1.83 bits per heavy atom. The quantitative estimate of drug-likeness (QED) is 0.101. The van der Waals surface area contributed by atoms with E-state index >= 15 is 0 Å². The number of carbonyl (C=O) groups excluding carboxylic acids is 4. The molecule has 3 fully saturated rings. The summed E-state index contributed by atoms with van der Waals surface area (Å²) >= 11 is 1.30. The lowest BCUT2D eigenvalue weighted by Gasteiger charge is -2.43. The first-order valence-corrected chi connectivity index (χ1v) is 22.9. The number of benzene rings is 2. The highest BCUT2D eigenvalue weighted by Gasteiger charge is 2.48. The lowest BCUT2D eigenvalue weighted by Crippen LogP contribution is -2.58. The molecular formula is C43H53N6O8PS. The van der Waals surface area contributed by atoms with Crippen LogP contribution < -0.4 is 19.8 Å². The number of carbonyl (C=O) groups is 4. The van der Waals surface area contributed by atoms with Crippen molar-refractivity contribution in [3.8, 4) is 5.75 Å². The number of methoxy groups -OCH3 is 1.